The molecule has 1 unspecified atom stereocenters. The van der Waals surface area contributed by atoms with Crippen LogP contribution in [-0.2, 0) is 16.0 Å². The van der Waals surface area contributed by atoms with Gasteiger partial charge in [0.05, 0.1) is 30.2 Å². The second-order valence-electron chi connectivity index (χ2n) is 7.91. The highest BCUT2D eigenvalue weighted by molar-refractivity contribution is 5.77. The lowest BCUT2D eigenvalue weighted by Gasteiger charge is -2.35. The molecule has 4 rings (SSSR count). The molecule has 1 aromatic heterocycles. The minimum Gasteiger partial charge on any atom is -0.379 e. The van der Waals surface area contributed by atoms with Gasteiger partial charge in [0, 0.05) is 32.5 Å². The number of aromatic nitrogens is 2. The Hall–Kier alpha value is -3.10. The van der Waals surface area contributed by atoms with Gasteiger partial charge in [-0.05, 0) is 36.2 Å². The summed E-state index contributed by atoms with van der Waals surface area (Å²) in [6.07, 6.45) is 1.38. The van der Waals surface area contributed by atoms with Gasteiger partial charge in [0.2, 0.25) is 5.91 Å². The molecule has 0 aliphatic carbocycles. The molecule has 0 spiro atoms. The van der Waals surface area contributed by atoms with E-state index in [0.29, 0.717) is 55.7 Å². The molecule has 1 saturated heterocycles. The van der Waals surface area contributed by atoms with Crippen LogP contribution in [0.25, 0.3) is 10.9 Å². The van der Waals surface area contributed by atoms with Crippen LogP contribution in [0.15, 0.2) is 53.3 Å². The fraction of sp³-hybridized carbons (Fsp3) is 0.375. The van der Waals surface area contributed by atoms with Crippen molar-refractivity contribution in [2.45, 2.75) is 25.3 Å². The Morgan fingerprint density at radius 2 is 2.00 bits per heavy atom. The number of ether oxygens (including phenoxy) is 1. The number of nitrogens with zero attached hydrogens (tertiary/aromatic N) is 2. The lowest BCUT2D eigenvalue weighted by atomic mass is 10.0. The number of hydrogen-bond donors (Lipinski definition) is 2. The summed E-state index contributed by atoms with van der Waals surface area (Å²) in [4.78, 5) is 34.1. The van der Waals surface area contributed by atoms with Crippen LogP contribution < -0.4 is 10.9 Å². The fourth-order valence-corrected chi connectivity index (χ4v) is 4.03. The summed E-state index contributed by atoms with van der Waals surface area (Å²) in [6.45, 7) is 3.11. The summed E-state index contributed by atoms with van der Waals surface area (Å²) in [6, 6.07) is 13.6. The first-order valence-electron chi connectivity index (χ1n) is 10.9. The van der Waals surface area contributed by atoms with E-state index in [4.69, 9.17) is 4.74 Å². The molecule has 1 fully saturated rings. The van der Waals surface area contributed by atoms with E-state index in [1.165, 1.54) is 12.1 Å². The van der Waals surface area contributed by atoms with Crippen molar-refractivity contribution in [2.75, 3.05) is 32.8 Å². The number of aromatic amines is 1. The first-order valence-corrected chi connectivity index (χ1v) is 10.9. The van der Waals surface area contributed by atoms with Crippen LogP contribution in [0.1, 0.15) is 30.3 Å². The van der Waals surface area contributed by atoms with Crippen LogP contribution in [0.5, 0.6) is 0 Å². The minimum absolute atomic E-state index is 0.0807. The first-order chi connectivity index (χ1) is 15.6. The molecule has 1 amide bonds. The molecular weight excluding hydrogens is 411 g/mol. The van der Waals surface area contributed by atoms with E-state index < -0.39 is 0 Å². The Morgan fingerprint density at radius 3 is 2.81 bits per heavy atom. The summed E-state index contributed by atoms with van der Waals surface area (Å²) in [7, 11) is 0. The molecule has 8 heteroatoms. The Labute approximate surface area is 185 Å². The van der Waals surface area contributed by atoms with E-state index >= 15 is 0 Å². The number of amides is 1. The maximum absolute atomic E-state index is 13.8. The molecule has 0 radical (unpaired) electrons. The molecule has 168 valence electrons. The van der Waals surface area contributed by atoms with Crippen molar-refractivity contribution in [3.63, 3.8) is 0 Å². The predicted molar refractivity (Wildman–Crippen MR) is 120 cm³/mol. The Balaban J connectivity index is 1.33. The zero-order valence-electron chi connectivity index (χ0n) is 17.9. The average molecular weight is 439 g/mol. The third-order valence-electron chi connectivity index (χ3n) is 5.69. The molecule has 7 nitrogen and oxygen atoms in total. The largest absolute Gasteiger partial charge is 0.379 e. The van der Waals surface area contributed by atoms with E-state index in [1.54, 1.807) is 24.3 Å². The molecule has 1 aliphatic heterocycles. The van der Waals surface area contributed by atoms with E-state index in [9.17, 15) is 14.0 Å². The summed E-state index contributed by atoms with van der Waals surface area (Å²) in [5.41, 5.74) is 1.32. The van der Waals surface area contributed by atoms with Gasteiger partial charge in [-0.1, -0.05) is 24.3 Å². The summed E-state index contributed by atoms with van der Waals surface area (Å²) in [5, 5.41) is 3.55. The molecule has 3 aromatic rings. The second-order valence-corrected chi connectivity index (χ2v) is 7.91. The van der Waals surface area contributed by atoms with Gasteiger partial charge in [0.25, 0.3) is 5.56 Å². The predicted octanol–water partition coefficient (Wildman–Crippen LogP) is 2.57. The van der Waals surface area contributed by atoms with Gasteiger partial charge in [0.15, 0.2) is 0 Å². The molecule has 2 N–H and O–H groups in total. The number of nitrogens with one attached hydrogen (secondary N) is 2. The summed E-state index contributed by atoms with van der Waals surface area (Å²) in [5.74, 6) is 0.208. The third-order valence-corrected chi connectivity index (χ3v) is 5.69. The van der Waals surface area contributed by atoms with E-state index in [0.717, 1.165) is 18.7 Å². The van der Waals surface area contributed by atoms with Crippen LogP contribution in [0.4, 0.5) is 4.39 Å². The van der Waals surface area contributed by atoms with Crippen LogP contribution in [0.3, 0.4) is 0 Å². The number of fused-ring (bicyclic) bond motifs is 1. The maximum atomic E-state index is 13.8. The quantitative estimate of drug-likeness (QED) is 0.565. The van der Waals surface area contributed by atoms with Gasteiger partial charge in [-0.15, -0.1) is 0 Å². The zero-order valence-corrected chi connectivity index (χ0v) is 17.9. The van der Waals surface area contributed by atoms with E-state index in [-0.39, 0.29) is 23.3 Å². The number of benzene rings is 2. The van der Waals surface area contributed by atoms with Crippen LogP contribution in [0.2, 0.25) is 0 Å². The standard InChI is InChI=1S/C24H27FN4O3/c25-18-6-3-5-17(15-18)21(29-11-13-32-14-12-29)16-26-23(30)10-4-9-22-27-20-8-2-1-7-19(20)24(31)28-22/h1-3,5-8,15,21H,4,9-14,16H2,(H,26,30)(H,27,28,31). The Bertz CT molecular complexity index is 1130. The number of aryl methyl sites for hydroxylation is 1. The van der Waals surface area contributed by atoms with Crippen molar-refractivity contribution < 1.29 is 13.9 Å². The molecule has 32 heavy (non-hydrogen) atoms. The van der Waals surface area contributed by atoms with E-state index in [1.807, 2.05) is 12.1 Å². The zero-order chi connectivity index (χ0) is 22.3. The fourth-order valence-electron chi connectivity index (χ4n) is 4.03. The molecule has 2 heterocycles. The SMILES string of the molecule is O=C(CCCc1nc2ccccc2c(=O)[nH]1)NCC(c1cccc(F)c1)N1CCOCC1. The maximum Gasteiger partial charge on any atom is 0.258 e. The van der Waals surface area contributed by atoms with Crippen LogP contribution in [0, 0.1) is 5.82 Å². The first kappa shape index (κ1) is 22.1. The number of halogens is 1. The molecule has 0 saturated carbocycles. The smallest absolute Gasteiger partial charge is 0.258 e. The van der Waals surface area contributed by atoms with Gasteiger partial charge < -0.3 is 15.0 Å². The number of morpholine rings is 1. The number of H-pyrrole nitrogens is 1. The molecule has 0 bridgehead atoms. The highest BCUT2D eigenvalue weighted by atomic mass is 19.1. The molecule has 2 aromatic carbocycles. The van der Waals surface area contributed by atoms with Gasteiger partial charge in [-0.25, -0.2) is 9.37 Å². The minimum atomic E-state index is -0.288. The molecule has 1 atom stereocenters. The van der Waals surface area contributed by atoms with Gasteiger partial charge in [-0.2, -0.15) is 0 Å². The second kappa shape index (κ2) is 10.5. The lowest BCUT2D eigenvalue weighted by molar-refractivity contribution is -0.121. The lowest BCUT2D eigenvalue weighted by Crippen LogP contribution is -2.43. The summed E-state index contributed by atoms with van der Waals surface area (Å²) < 4.78 is 19.2. The van der Waals surface area contributed by atoms with Gasteiger partial charge in [0.1, 0.15) is 11.6 Å². The van der Waals surface area contributed by atoms with Gasteiger partial charge in [-0.3, -0.25) is 14.5 Å². The van der Waals surface area contributed by atoms with Crippen molar-refractivity contribution in [1.82, 2.24) is 20.2 Å². The van der Waals surface area contributed by atoms with Gasteiger partial charge >= 0.3 is 0 Å². The molecular formula is C24H27FN4O3. The van der Waals surface area contributed by atoms with Crippen LogP contribution in [-0.4, -0.2) is 53.6 Å². The monoisotopic (exact) mass is 438 g/mol. The van der Waals surface area contributed by atoms with Crippen LogP contribution >= 0.6 is 0 Å². The highest BCUT2D eigenvalue weighted by Crippen LogP contribution is 2.22. The number of carbonyl (C=O) groups is 1. The summed E-state index contributed by atoms with van der Waals surface area (Å²) >= 11 is 0. The number of hydrogen-bond acceptors (Lipinski definition) is 5. The van der Waals surface area contributed by atoms with Crippen molar-refractivity contribution in [3.8, 4) is 0 Å². The van der Waals surface area contributed by atoms with Crippen molar-refractivity contribution in [3.05, 3.63) is 76.1 Å². The number of para-hydroxylation sites is 1. The molecule has 1 aliphatic rings. The van der Waals surface area contributed by atoms with E-state index in [2.05, 4.69) is 20.2 Å². The highest BCUT2D eigenvalue weighted by Gasteiger charge is 2.23. The Morgan fingerprint density at radius 1 is 1.19 bits per heavy atom. The Kier molecular flexibility index (Phi) is 7.24. The average Bonchev–Trinajstić information content (AvgIpc) is 2.80. The number of carbonyl (C=O) groups excluding carboxylic acids is 1. The topological polar surface area (TPSA) is 87.3 Å². The number of rotatable bonds is 8. The van der Waals surface area contributed by atoms with Crippen molar-refractivity contribution >= 4 is 16.8 Å². The normalized spacial score (nSPS) is 15.5. The third kappa shape index (κ3) is 5.57. The van der Waals surface area contributed by atoms with Crippen molar-refractivity contribution in [2.24, 2.45) is 0 Å². The van der Waals surface area contributed by atoms with Crippen molar-refractivity contribution in [1.29, 1.82) is 0 Å².